The average Bonchev–Trinajstić information content (AvgIpc) is 2.73. The van der Waals surface area contributed by atoms with E-state index in [2.05, 4.69) is 30.3 Å². The van der Waals surface area contributed by atoms with Gasteiger partial charge in [-0.2, -0.15) is 0 Å². The minimum absolute atomic E-state index is 0. The van der Waals surface area contributed by atoms with Gasteiger partial charge in [-0.1, -0.05) is 0 Å². The van der Waals surface area contributed by atoms with E-state index in [-0.39, 0.29) is 40.2 Å². The Labute approximate surface area is 166 Å². The van der Waals surface area contributed by atoms with E-state index in [1.54, 1.807) is 43.6 Å². The molecule has 0 saturated carbocycles. The second-order valence-corrected chi connectivity index (χ2v) is 3.73. The molecule has 2 aromatic rings. The number of nitrogens with zero attached hydrogens (tertiary/aromatic N) is 2. The summed E-state index contributed by atoms with van der Waals surface area (Å²) in [7, 11) is 0. The maximum absolute atomic E-state index is 9.02. The molecule has 0 fully saturated rings. The van der Waals surface area contributed by atoms with Crippen molar-refractivity contribution >= 4 is 20.4 Å². The molecule has 0 aliphatic heterocycles. The number of pyridine rings is 2. The molecular weight excluding hydrogens is 514 g/mol. The molecule has 2 aromatic heterocycles. The van der Waals surface area contributed by atoms with Crippen LogP contribution in [-0.4, -0.2) is 52.3 Å². The van der Waals surface area contributed by atoms with Gasteiger partial charge in [0.15, 0.2) is 0 Å². The molecular formula is C17H21N2O6Re-3. The van der Waals surface area contributed by atoms with Crippen LogP contribution in [0.5, 0.6) is 0 Å². The quantitative estimate of drug-likeness (QED) is 0.377. The zero-order chi connectivity index (χ0) is 20.1. The molecule has 0 spiro atoms. The molecule has 9 heteroatoms. The Morgan fingerprint density at radius 1 is 0.769 bits per heavy atom. The standard InChI is InChI=1S/C12H12N2O2.C2H6O.3CHO.Re/c15-7-9-1-3-13-11(5-9)12-6-10(8-16)2-4-14-12;1-2-3;3*1-2;/h1-6,15-16H,7-8H2;3H,2H2,1H3;3*1H;/q;;3*-1;. The molecule has 0 bridgehead atoms. The van der Waals surface area contributed by atoms with Crippen LogP contribution in [0.4, 0.5) is 0 Å². The maximum atomic E-state index is 9.02. The molecule has 26 heavy (non-hydrogen) atoms. The summed E-state index contributed by atoms with van der Waals surface area (Å²) in [6, 6.07) is 7.06. The molecule has 0 aliphatic rings. The molecule has 0 aliphatic carbocycles. The molecule has 0 unspecified atom stereocenters. The first kappa shape index (κ1) is 31.6. The van der Waals surface area contributed by atoms with Crippen LogP contribution in [0.3, 0.4) is 0 Å². The third-order valence-electron chi connectivity index (χ3n) is 2.28. The van der Waals surface area contributed by atoms with E-state index in [9.17, 15) is 0 Å². The van der Waals surface area contributed by atoms with Crippen LogP contribution in [0.1, 0.15) is 18.1 Å². The number of rotatable bonds is 3. The van der Waals surface area contributed by atoms with Crippen molar-refractivity contribution in [3.63, 3.8) is 0 Å². The summed E-state index contributed by atoms with van der Waals surface area (Å²) in [6.07, 6.45) is 3.27. The third kappa shape index (κ3) is 14.2. The van der Waals surface area contributed by atoms with Gasteiger partial charge in [-0.05, 0) is 42.3 Å². The summed E-state index contributed by atoms with van der Waals surface area (Å²) in [5.74, 6) is 0. The molecule has 0 aromatic carbocycles. The van der Waals surface area contributed by atoms with Gasteiger partial charge in [0.2, 0.25) is 0 Å². The van der Waals surface area contributed by atoms with Crippen LogP contribution in [0.25, 0.3) is 11.4 Å². The number of aliphatic hydroxyl groups is 3. The summed E-state index contributed by atoms with van der Waals surface area (Å²) in [4.78, 5) is 31.6. The van der Waals surface area contributed by atoms with Crippen LogP contribution in [0, 0.1) is 0 Å². The van der Waals surface area contributed by atoms with Crippen molar-refractivity contribution in [2.24, 2.45) is 0 Å². The molecule has 1 radical (unpaired) electrons. The predicted octanol–water partition coefficient (Wildman–Crippen LogP) is 0.302. The van der Waals surface area contributed by atoms with Crippen molar-refractivity contribution in [3.8, 4) is 11.4 Å². The Kier molecular flexibility index (Phi) is 30.5. The summed E-state index contributed by atoms with van der Waals surface area (Å²) >= 11 is 0. The van der Waals surface area contributed by atoms with Crippen molar-refractivity contribution in [1.82, 2.24) is 9.97 Å². The fraction of sp³-hybridized carbons (Fsp3) is 0.235. The van der Waals surface area contributed by atoms with Gasteiger partial charge in [-0.15, -0.1) is 0 Å². The average molecular weight is 536 g/mol. The van der Waals surface area contributed by atoms with E-state index in [4.69, 9.17) is 29.7 Å². The molecule has 2 heterocycles. The first-order chi connectivity index (χ1) is 12.2. The minimum Gasteiger partial charge on any atom is -0.545 e. The first-order valence-electron chi connectivity index (χ1n) is 6.68. The molecule has 2 rings (SSSR count). The van der Waals surface area contributed by atoms with Crippen LogP contribution >= 0.6 is 0 Å². The van der Waals surface area contributed by atoms with E-state index in [1.807, 2.05) is 0 Å². The minimum atomic E-state index is -0.0186. The largest absolute Gasteiger partial charge is 0.545 e. The maximum Gasteiger partial charge on any atom is 0.0889 e. The van der Waals surface area contributed by atoms with Crippen molar-refractivity contribution in [3.05, 3.63) is 47.8 Å². The van der Waals surface area contributed by atoms with E-state index in [1.165, 1.54) is 0 Å². The van der Waals surface area contributed by atoms with Gasteiger partial charge in [0.25, 0.3) is 0 Å². The van der Waals surface area contributed by atoms with Gasteiger partial charge >= 0.3 is 0 Å². The normalized spacial score (nSPS) is 7.54. The van der Waals surface area contributed by atoms with Crippen molar-refractivity contribution in [2.45, 2.75) is 20.1 Å². The smallest absolute Gasteiger partial charge is 0.0889 e. The van der Waals surface area contributed by atoms with Gasteiger partial charge in [0, 0.05) is 39.4 Å². The van der Waals surface area contributed by atoms with Crippen LogP contribution < -0.4 is 0 Å². The van der Waals surface area contributed by atoms with Crippen LogP contribution in [-0.2, 0) is 48.0 Å². The van der Waals surface area contributed by atoms with Gasteiger partial charge < -0.3 is 29.7 Å². The number of carbonyl (C=O) groups excluding carboxylic acids is 3. The number of hydrogen-bond donors (Lipinski definition) is 3. The summed E-state index contributed by atoms with van der Waals surface area (Å²) < 4.78 is 0. The zero-order valence-electron chi connectivity index (χ0n) is 14.2. The first-order valence-corrected chi connectivity index (χ1v) is 6.68. The molecule has 3 N–H and O–H groups in total. The number of aromatic nitrogens is 2. The number of hydrogen-bond acceptors (Lipinski definition) is 8. The Hall–Kier alpha value is -2.15. The summed E-state index contributed by atoms with van der Waals surface area (Å²) in [6.45, 7) is 11.6. The topological polar surface area (TPSA) is 138 Å². The van der Waals surface area contributed by atoms with E-state index in [0.717, 1.165) is 11.1 Å². The Balaban J connectivity index is -0.000000210. The van der Waals surface area contributed by atoms with Crippen molar-refractivity contribution in [1.29, 1.82) is 0 Å². The molecule has 0 amide bonds. The van der Waals surface area contributed by atoms with Crippen molar-refractivity contribution < 1.29 is 50.1 Å². The third-order valence-corrected chi connectivity index (χ3v) is 2.28. The Morgan fingerprint density at radius 3 is 1.27 bits per heavy atom. The fourth-order valence-corrected chi connectivity index (χ4v) is 1.43. The number of aliphatic hydroxyl groups excluding tert-OH is 3. The SMILES string of the molecule is CCO.OCc1ccnc(-c2cc(CO)ccn2)c1.[CH-]=O.[CH-]=O.[CH-]=O.[Re]. The van der Waals surface area contributed by atoms with Gasteiger partial charge in [-0.3, -0.25) is 30.3 Å². The van der Waals surface area contributed by atoms with Gasteiger partial charge in [-0.25, -0.2) is 0 Å². The summed E-state index contributed by atoms with van der Waals surface area (Å²) in [5, 5.41) is 25.6. The molecule has 145 valence electrons. The van der Waals surface area contributed by atoms with E-state index < -0.39 is 0 Å². The Morgan fingerprint density at radius 2 is 1.04 bits per heavy atom. The monoisotopic (exact) mass is 536 g/mol. The van der Waals surface area contributed by atoms with Gasteiger partial charge in [0.05, 0.1) is 24.6 Å². The summed E-state index contributed by atoms with van der Waals surface area (Å²) in [5.41, 5.74) is 2.98. The van der Waals surface area contributed by atoms with E-state index >= 15 is 0 Å². The van der Waals surface area contributed by atoms with Gasteiger partial charge in [0.1, 0.15) is 0 Å². The van der Waals surface area contributed by atoms with Crippen molar-refractivity contribution in [2.75, 3.05) is 6.61 Å². The second-order valence-electron chi connectivity index (χ2n) is 3.73. The Bertz CT molecular complexity index is 510. The molecule has 0 saturated heterocycles. The molecule has 8 nitrogen and oxygen atoms in total. The zero-order valence-corrected chi connectivity index (χ0v) is 16.9. The predicted molar refractivity (Wildman–Crippen MR) is 92.3 cm³/mol. The molecule has 0 atom stereocenters. The second kappa shape index (κ2) is 25.1. The fourth-order valence-electron chi connectivity index (χ4n) is 1.43. The van der Waals surface area contributed by atoms with E-state index in [0.29, 0.717) is 11.4 Å². The van der Waals surface area contributed by atoms with Crippen LogP contribution in [0.15, 0.2) is 36.7 Å². The van der Waals surface area contributed by atoms with Crippen LogP contribution in [0.2, 0.25) is 0 Å².